The summed E-state index contributed by atoms with van der Waals surface area (Å²) in [5.74, 6) is -3.35. The molecule has 0 spiro atoms. The van der Waals surface area contributed by atoms with Crippen LogP contribution in [-0.4, -0.2) is 16.1 Å². The van der Waals surface area contributed by atoms with E-state index in [0.29, 0.717) is 29.0 Å². The van der Waals surface area contributed by atoms with Gasteiger partial charge in [0.2, 0.25) is 5.88 Å². The van der Waals surface area contributed by atoms with E-state index in [4.69, 9.17) is 16.3 Å². The molecule has 0 radical (unpaired) electrons. The third-order valence-electron chi connectivity index (χ3n) is 5.29. The van der Waals surface area contributed by atoms with E-state index < -0.39 is 29.0 Å². The SMILES string of the molecule is O=C(O)c1cc(C2=C(c3cc(Cl)cnc3OCc3ccc(F)cc3F)CCC2)ccc1F.[H-].[Na+]. The van der Waals surface area contributed by atoms with Gasteiger partial charge >= 0.3 is 35.5 Å². The van der Waals surface area contributed by atoms with Crippen LogP contribution in [0.5, 0.6) is 5.88 Å². The minimum absolute atomic E-state index is 0. The summed E-state index contributed by atoms with van der Waals surface area (Å²) in [6.07, 6.45) is 3.50. The molecule has 1 aromatic heterocycles. The van der Waals surface area contributed by atoms with Crippen molar-refractivity contribution < 1.29 is 58.8 Å². The van der Waals surface area contributed by atoms with Crippen LogP contribution in [0.4, 0.5) is 13.2 Å². The number of hydrogen-bond donors (Lipinski definition) is 1. The van der Waals surface area contributed by atoms with Gasteiger partial charge in [0, 0.05) is 23.4 Å². The fourth-order valence-electron chi connectivity index (χ4n) is 3.78. The summed E-state index contributed by atoms with van der Waals surface area (Å²) in [6, 6.07) is 8.87. The van der Waals surface area contributed by atoms with Crippen molar-refractivity contribution in [2.45, 2.75) is 25.9 Å². The van der Waals surface area contributed by atoms with Crippen molar-refractivity contribution in [1.29, 1.82) is 0 Å². The Morgan fingerprint density at radius 3 is 2.55 bits per heavy atom. The van der Waals surface area contributed by atoms with Gasteiger partial charge < -0.3 is 11.3 Å². The smallest absolute Gasteiger partial charge is 1.00 e. The molecule has 0 saturated heterocycles. The number of carboxylic acid groups (broad SMARTS) is 1. The normalized spacial score (nSPS) is 13.1. The van der Waals surface area contributed by atoms with E-state index in [0.717, 1.165) is 35.8 Å². The maximum Gasteiger partial charge on any atom is 1.00 e. The van der Waals surface area contributed by atoms with E-state index in [1.165, 1.54) is 24.4 Å². The molecule has 0 bridgehead atoms. The van der Waals surface area contributed by atoms with Crippen LogP contribution in [0.2, 0.25) is 5.02 Å². The number of hydrogen-bond acceptors (Lipinski definition) is 3. The number of aromatic nitrogens is 1. The molecule has 9 heteroatoms. The van der Waals surface area contributed by atoms with E-state index in [1.807, 2.05) is 0 Å². The van der Waals surface area contributed by atoms with Gasteiger partial charge in [0.05, 0.1) is 10.6 Å². The van der Waals surface area contributed by atoms with Gasteiger partial charge in [-0.3, -0.25) is 0 Å². The number of rotatable bonds is 6. The molecule has 0 atom stereocenters. The minimum Gasteiger partial charge on any atom is -1.00 e. The van der Waals surface area contributed by atoms with Gasteiger partial charge in [-0.05, 0) is 66.3 Å². The van der Waals surface area contributed by atoms with Gasteiger partial charge in [-0.25, -0.2) is 22.9 Å². The van der Waals surface area contributed by atoms with Crippen LogP contribution >= 0.6 is 11.6 Å². The average Bonchev–Trinajstić information content (AvgIpc) is 3.23. The number of ether oxygens (including phenoxy) is 1. The number of benzene rings is 2. The largest absolute Gasteiger partial charge is 1.00 e. The molecule has 0 fully saturated rings. The molecule has 2 aromatic carbocycles. The summed E-state index contributed by atoms with van der Waals surface area (Å²) in [5, 5.41) is 9.62. The zero-order chi connectivity index (χ0) is 22.8. The Balaban J connectivity index is 0.00000204. The predicted molar refractivity (Wildman–Crippen MR) is 115 cm³/mol. The van der Waals surface area contributed by atoms with Gasteiger partial charge in [-0.15, -0.1) is 0 Å². The molecule has 4 nitrogen and oxygen atoms in total. The van der Waals surface area contributed by atoms with Gasteiger partial charge in [-0.2, -0.15) is 0 Å². The first kappa shape index (κ1) is 25.3. The van der Waals surface area contributed by atoms with Gasteiger partial charge in [0.25, 0.3) is 0 Å². The Bertz CT molecular complexity index is 1260. The molecule has 1 heterocycles. The van der Waals surface area contributed by atoms with Gasteiger partial charge in [-0.1, -0.05) is 17.7 Å². The Labute approximate surface area is 216 Å². The first-order valence-corrected chi connectivity index (χ1v) is 10.2. The maximum absolute atomic E-state index is 14.0. The van der Waals surface area contributed by atoms with Crippen molar-refractivity contribution in [2.24, 2.45) is 0 Å². The molecular formula is C24H18ClF3NNaO3. The molecule has 4 rings (SSSR count). The molecule has 0 unspecified atom stereocenters. The van der Waals surface area contributed by atoms with Gasteiger partial charge in [0.15, 0.2) is 0 Å². The van der Waals surface area contributed by atoms with Gasteiger partial charge in [0.1, 0.15) is 24.1 Å². The monoisotopic (exact) mass is 483 g/mol. The molecule has 33 heavy (non-hydrogen) atoms. The van der Waals surface area contributed by atoms with Crippen molar-refractivity contribution in [1.82, 2.24) is 4.98 Å². The number of nitrogens with zero attached hydrogens (tertiary/aromatic N) is 1. The van der Waals surface area contributed by atoms with E-state index in [9.17, 15) is 23.1 Å². The molecule has 1 aliphatic rings. The number of carboxylic acids is 1. The van der Waals surface area contributed by atoms with Crippen LogP contribution in [0.1, 0.15) is 47.7 Å². The zero-order valence-corrected chi connectivity index (χ0v) is 20.4. The summed E-state index contributed by atoms with van der Waals surface area (Å²) in [4.78, 5) is 15.6. The Kier molecular flexibility index (Phi) is 8.23. The summed E-state index contributed by atoms with van der Waals surface area (Å²) < 4.78 is 46.8. The van der Waals surface area contributed by atoms with Crippen LogP contribution in [0.25, 0.3) is 11.1 Å². The van der Waals surface area contributed by atoms with Crippen molar-refractivity contribution in [3.05, 3.63) is 93.4 Å². The average molecular weight is 484 g/mol. The van der Waals surface area contributed by atoms with Crippen molar-refractivity contribution in [2.75, 3.05) is 0 Å². The summed E-state index contributed by atoms with van der Waals surface area (Å²) >= 11 is 6.17. The summed E-state index contributed by atoms with van der Waals surface area (Å²) in [7, 11) is 0. The fourth-order valence-corrected chi connectivity index (χ4v) is 3.94. The summed E-state index contributed by atoms with van der Waals surface area (Å²) in [6.45, 7) is -0.171. The number of allylic oxidation sites excluding steroid dienone is 2. The number of carbonyl (C=O) groups is 1. The van der Waals surface area contributed by atoms with Crippen molar-refractivity contribution in [3.63, 3.8) is 0 Å². The van der Waals surface area contributed by atoms with Crippen LogP contribution in [0.3, 0.4) is 0 Å². The van der Waals surface area contributed by atoms with Crippen LogP contribution < -0.4 is 34.3 Å². The fraction of sp³-hybridized carbons (Fsp3) is 0.167. The Morgan fingerprint density at radius 1 is 1.06 bits per heavy atom. The van der Waals surface area contributed by atoms with Crippen molar-refractivity contribution in [3.8, 4) is 5.88 Å². The van der Waals surface area contributed by atoms with E-state index in [1.54, 1.807) is 6.07 Å². The molecular weight excluding hydrogens is 466 g/mol. The maximum atomic E-state index is 14.0. The second-order valence-electron chi connectivity index (χ2n) is 7.34. The molecule has 1 aliphatic carbocycles. The van der Waals surface area contributed by atoms with E-state index >= 15 is 0 Å². The number of aromatic carboxylic acids is 1. The zero-order valence-electron chi connectivity index (χ0n) is 18.7. The quantitative estimate of drug-likeness (QED) is 0.544. The predicted octanol–water partition coefficient (Wildman–Crippen LogP) is 3.64. The first-order valence-electron chi connectivity index (χ1n) is 9.81. The Morgan fingerprint density at radius 2 is 1.82 bits per heavy atom. The summed E-state index contributed by atoms with van der Waals surface area (Å²) in [5.41, 5.74) is 2.63. The second-order valence-corrected chi connectivity index (χ2v) is 7.78. The standard InChI is InChI=1S/C24H17ClF3NO3.Na.H/c25-15-9-19(23(29-11-15)32-12-14-4-6-16(26)10-22(14)28)18-3-1-2-17(18)13-5-7-21(27)20(8-13)24(30)31;;/h4-11H,1-3,12H2,(H,30,31);;/q;+1;-1. The molecule has 0 amide bonds. The minimum atomic E-state index is -1.35. The topological polar surface area (TPSA) is 59.4 Å². The van der Waals surface area contributed by atoms with E-state index in [-0.39, 0.29) is 49.0 Å². The van der Waals surface area contributed by atoms with Crippen LogP contribution in [-0.2, 0) is 6.61 Å². The molecule has 0 aliphatic heterocycles. The third-order valence-corrected chi connectivity index (χ3v) is 5.49. The molecule has 1 N–H and O–H groups in total. The van der Waals surface area contributed by atoms with Crippen LogP contribution in [0.15, 0.2) is 48.7 Å². The van der Waals surface area contributed by atoms with Crippen LogP contribution in [0, 0.1) is 17.5 Å². The third kappa shape index (κ3) is 5.61. The molecule has 0 saturated carbocycles. The number of halogens is 4. The van der Waals surface area contributed by atoms with E-state index in [2.05, 4.69) is 4.98 Å². The Hall–Kier alpha value is -2.32. The molecule has 3 aromatic rings. The van der Waals surface area contributed by atoms with Crippen molar-refractivity contribution >= 4 is 28.7 Å². The number of pyridine rings is 1. The second kappa shape index (κ2) is 10.7. The first-order chi connectivity index (χ1) is 15.3. The molecule has 166 valence electrons.